The van der Waals surface area contributed by atoms with E-state index in [0.717, 1.165) is 5.56 Å². The van der Waals surface area contributed by atoms with Crippen molar-refractivity contribution in [3.05, 3.63) is 29.3 Å². The average molecular weight is 261 g/mol. The Morgan fingerprint density at radius 3 is 2.89 bits per heavy atom. The minimum absolute atomic E-state index is 0.332. The molecule has 1 atom stereocenters. The van der Waals surface area contributed by atoms with Crippen molar-refractivity contribution < 1.29 is 9.90 Å². The summed E-state index contributed by atoms with van der Waals surface area (Å²) in [4.78, 5) is 11.6. The maximum atomic E-state index is 11.6. The van der Waals surface area contributed by atoms with E-state index in [1.165, 1.54) is 0 Å². The van der Waals surface area contributed by atoms with Crippen LogP contribution in [-0.2, 0) is 0 Å². The molecule has 102 valence electrons. The first-order valence-electron chi connectivity index (χ1n) is 6.30. The number of urea groups is 1. The highest BCUT2D eigenvalue weighted by Gasteiger charge is 2.06. The second-order valence-electron chi connectivity index (χ2n) is 4.37. The summed E-state index contributed by atoms with van der Waals surface area (Å²) >= 11 is 0. The van der Waals surface area contributed by atoms with Crippen LogP contribution in [0.25, 0.3) is 0 Å². The van der Waals surface area contributed by atoms with Crippen LogP contribution < -0.4 is 10.6 Å². The molecule has 0 spiro atoms. The number of carbonyl (C=O) groups is 1. The van der Waals surface area contributed by atoms with E-state index in [1.807, 2.05) is 19.9 Å². The van der Waals surface area contributed by atoms with E-state index in [1.54, 1.807) is 18.2 Å². The number of carbonyl (C=O) groups excluding carboxylic acids is 1. The summed E-state index contributed by atoms with van der Waals surface area (Å²) in [5.41, 5.74) is 2.01. The molecule has 0 radical (unpaired) electrons. The van der Waals surface area contributed by atoms with Crippen LogP contribution in [-0.4, -0.2) is 23.8 Å². The Hall–Kier alpha value is -2.06. The van der Waals surface area contributed by atoms with E-state index in [-0.39, 0.29) is 12.1 Å². The van der Waals surface area contributed by atoms with Gasteiger partial charge in [0.2, 0.25) is 0 Å². The Morgan fingerprint density at radius 1 is 1.53 bits per heavy atom. The predicted octanol–water partition coefficient (Wildman–Crippen LogP) is 2.15. The van der Waals surface area contributed by atoms with Gasteiger partial charge in [0.1, 0.15) is 0 Å². The number of hydrogen-bond acceptors (Lipinski definition) is 3. The molecule has 0 aliphatic rings. The van der Waals surface area contributed by atoms with Gasteiger partial charge in [-0.2, -0.15) is 5.26 Å². The number of nitriles is 1. The van der Waals surface area contributed by atoms with Crippen LogP contribution in [0.4, 0.5) is 10.5 Å². The SMILES string of the molecule is CCC(O)CCNC(=O)Nc1cc(C#N)ccc1C. The standard InChI is InChI=1S/C14H19N3O2/c1-3-12(18)6-7-16-14(19)17-13-8-11(9-15)5-4-10(13)2/h4-5,8,12,18H,3,6-7H2,1-2H3,(H2,16,17,19). The third kappa shape index (κ3) is 4.98. The first-order valence-corrected chi connectivity index (χ1v) is 6.30. The van der Waals surface area contributed by atoms with Gasteiger partial charge in [-0.05, 0) is 37.5 Å². The van der Waals surface area contributed by atoms with Gasteiger partial charge in [-0.25, -0.2) is 4.79 Å². The maximum Gasteiger partial charge on any atom is 0.319 e. The Balaban J connectivity index is 2.51. The molecule has 3 N–H and O–H groups in total. The van der Waals surface area contributed by atoms with Crippen LogP contribution in [0.1, 0.15) is 30.9 Å². The molecule has 5 heteroatoms. The third-order valence-corrected chi connectivity index (χ3v) is 2.85. The highest BCUT2D eigenvalue weighted by molar-refractivity contribution is 5.90. The topological polar surface area (TPSA) is 85.2 Å². The number of rotatable bonds is 5. The predicted molar refractivity (Wildman–Crippen MR) is 73.8 cm³/mol. The fraction of sp³-hybridized carbons (Fsp3) is 0.429. The molecule has 19 heavy (non-hydrogen) atoms. The lowest BCUT2D eigenvalue weighted by Crippen LogP contribution is -2.31. The molecule has 0 aromatic heterocycles. The summed E-state index contributed by atoms with van der Waals surface area (Å²) in [5, 5.41) is 23.5. The molecule has 2 amide bonds. The summed E-state index contributed by atoms with van der Waals surface area (Å²) < 4.78 is 0. The molecule has 0 aliphatic carbocycles. The van der Waals surface area contributed by atoms with Crippen molar-refractivity contribution in [1.29, 1.82) is 5.26 Å². The van der Waals surface area contributed by atoms with E-state index in [9.17, 15) is 9.90 Å². The highest BCUT2D eigenvalue weighted by Crippen LogP contribution is 2.16. The van der Waals surface area contributed by atoms with Gasteiger partial charge in [-0.3, -0.25) is 0 Å². The van der Waals surface area contributed by atoms with Gasteiger partial charge in [0, 0.05) is 12.2 Å². The van der Waals surface area contributed by atoms with E-state index in [2.05, 4.69) is 10.6 Å². The summed E-state index contributed by atoms with van der Waals surface area (Å²) in [6, 6.07) is 6.82. The minimum Gasteiger partial charge on any atom is -0.393 e. The Morgan fingerprint density at radius 2 is 2.26 bits per heavy atom. The number of hydrogen-bond donors (Lipinski definition) is 3. The van der Waals surface area contributed by atoms with Crippen molar-refractivity contribution in [2.45, 2.75) is 32.8 Å². The molecule has 1 unspecified atom stereocenters. The second kappa shape index (κ2) is 7.39. The lowest BCUT2D eigenvalue weighted by atomic mass is 10.1. The molecule has 1 rings (SSSR count). The molecule has 0 aliphatic heterocycles. The van der Waals surface area contributed by atoms with Gasteiger partial charge in [-0.1, -0.05) is 13.0 Å². The Kier molecular flexibility index (Phi) is 5.83. The zero-order valence-electron chi connectivity index (χ0n) is 11.2. The fourth-order valence-electron chi connectivity index (χ4n) is 1.55. The fourth-order valence-corrected chi connectivity index (χ4v) is 1.55. The molecule has 0 saturated heterocycles. The summed E-state index contributed by atoms with van der Waals surface area (Å²) in [5.74, 6) is 0. The number of anilines is 1. The number of aryl methyl sites for hydroxylation is 1. The minimum atomic E-state index is -0.385. The number of benzene rings is 1. The lowest BCUT2D eigenvalue weighted by molar-refractivity contribution is 0.160. The molecule has 1 aromatic rings. The largest absolute Gasteiger partial charge is 0.393 e. The van der Waals surface area contributed by atoms with Crippen LogP contribution >= 0.6 is 0 Å². The molecule has 1 aromatic carbocycles. The summed E-state index contributed by atoms with van der Waals surface area (Å²) in [7, 11) is 0. The summed E-state index contributed by atoms with van der Waals surface area (Å²) in [6.07, 6.45) is 0.817. The number of aliphatic hydroxyl groups is 1. The van der Waals surface area contributed by atoms with Crippen LogP contribution in [0.2, 0.25) is 0 Å². The third-order valence-electron chi connectivity index (χ3n) is 2.85. The zero-order valence-corrected chi connectivity index (χ0v) is 11.2. The molecular weight excluding hydrogens is 242 g/mol. The second-order valence-corrected chi connectivity index (χ2v) is 4.37. The lowest BCUT2D eigenvalue weighted by Gasteiger charge is -2.11. The van der Waals surface area contributed by atoms with Gasteiger partial charge in [-0.15, -0.1) is 0 Å². The van der Waals surface area contributed by atoms with Crippen molar-refractivity contribution in [3.63, 3.8) is 0 Å². The molecule has 0 saturated carbocycles. The van der Waals surface area contributed by atoms with Crippen molar-refractivity contribution in [2.24, 2.45) is 0 Å². The van der Waals surface area contributed by atoms with E-state index in [4.69, 9.17) is 5.26 Å². The van der Waals surface area contributed by atoms with Gasteiger partial charge in [0.05, 0.1) is 17.7 Å². The summed E-state index contributed by atoms with van der Waals surface area (Å²) in [6.45, 7) is 4.16. The molecule has 5 nitrogen and oxygen atoms in total. The first-order chi connectivity index (χ1) is 9.06. The van der Waals surface area contributed by atoms with Gasteiger partial charge in [0.15, 0.2) is 0 Å². The van der Waals surface area contributed by atoms with Gasteiger partial charge < -0.3 is 15.7 Å². The van der Waals surface area contributed by atoms with Crippen molar-refractivity contribution >= 4 is 11.7 Å². The molecule has 0 bridgehead atoms. The van der Waals surface area contributed by atoms with Gasteiger partial charge >= 0.3 is 6.03 Å². The molecule has 0 fully saturated rings. The van der Waals surface area contributed by atoms with Crippen LogP contribution in [0, 0.1) is 18.3 Å². The Bertz CT molecular complexity index is 480. The van der Waals surface area contributed by atoms with Gasteiger partial charge in [0.25, 0.3) is 0 Å². The van der Waals surface area contributed by atoms with Crippen LogP contribution in [0.3, 0.4) is 0 Å². The molecular formula is C14H19N3O2. The Labute approximate surface area is 113 Å². The normalized spacial score (nSPS) is 11.5. The van der Waals surface area contributed by atoms with Crippen molar-refractivity contribution in [2.75, 3.05) is 11.9 Å². The van der Waals surface area contributed by atoms with Crippen molar-refractivity contribution in [3.8, 4) is 6.07 Å². The number of aliphatic hydroxyl groups excluding tert-OH is 1. The van der Waals surface area contributed by atoms with E-state index in [0.29, 0.717) is 30.6 Å². The highest BCUT2D eigenvalue weighted by atomic mass is 16.3. The smallest absolute Gasteiger partial charge is 0.319 e. The van der Waals surface area contributed by atoms with E-state index < -0.39 is 0 Å². The maximum absolute atomic E-state index is 11.6. The molecule has 0 heterocycles. The van der Waals surface area contributed by atoms with Crippen LogP contribution in [0.5, 0.6) is 0 Å². The number of amides is 2. The van der Waals surface area contributed by atoms with Crippen LogP contribution in [0.15, 0.2) is 18.2 Å². The quantitative estimate of drug-likeness (QED) is 0.759. The zero-order chi connectivity index (χ0) is 14.3. The number of nitrogens with one attached hydrogen (secondary N) is 2. The average Bonchev–Trinajstić information content (AvgIpc) is 2.41. The monoisotopic (exact) mass is 261 g/mol. The number of nitrogens with zero attached hydrogens (tertiary/aromatic N) is 1. The van der Waals surface area contributed by atoms with Crippen molar-refractivity contribution in [1.82, 2.24) is 5.32 Å². The van der Waals surface area contributed by atoms with E-state index >= 15 is 0 Å². The first kappa shape index (κ1) is 15.0.